The van der Waals surface area contributed by atoms with Crippen molar-refractivity contribution < 1.29 is 40.7 Å². The normalized spacial score (nSPS) is 12.0. The summed E-state index contributed by atoms with van der Waals surface area (Å²) in [5, 5.41) is 3.03. The molecule has 0 spiro atoms. The highest BCUT2D eigenvalue weighted by molar-refractivity contribution is 6.10. The van der Waals surface area contributed by atoms with Crippen LogP contribution in [0.1, 0.15) is 34.2 Å². The van der Waals surface area contributed by atoms with Crippen LogP contribution in [-0.4, -0.2) is 17.8 Å². The highest BCUT2D eigenvalue weighted by Crippen LogP contribution is 2.31. The van der Waals surface area contributed by atoms with Gasteiger partial charge >= 0.3 is 0 Å². The predicted octanol–water partition coefficient (Wildman–Crippen LogP) is 6.38. The van der Waals surface area contributed by atoms with Gasteiger partial charge in [0.05, 0.1) is 0 Å². The molecule has 1 aromatic heterocycles. The fourth-order valence-electron chi connectivity index (χ4n) is 3.52. The van der Waals surface area contributed by atoms with Gasteiger partial charge < -0.3 is 14.5 Å². The number of amides is 1. The molecular weight excluding hydrogens is 485 g/mol. The van der Waals surface area contributed by atoms with Crippen LogP contribution in [0.2, 0.25) is 0 Å². The molecule has 0 saturated carbocycles. The smallest absolute Gasteiger partial charge is 0.265 e. The van der Waals surface area contributed by atoms with E-state index >= 15 is 0 Å². The number of fused-ring (bicyclic) bond motifs is 1. The number of hydrogen-bond donors (Lipinski definition) is 1. The van der Waals surface area contributed by atoms with E-state index in [2.05, 4.69) is 5.32 Å². The summed E-state index contributed by atoms with van der Waals surface area (Å²) in [6.07, 6.45) is -1.63. The van der Waals surface area contributed by atoms with Crippen LogP contribution in [0.5, 0.6) is 5.75 Å². The minimum Gasteiger partial charge on any atom is -0.474 e. The summed E-state index contributed by atoms with van der Waals surface area (Å²) in [5.41, 5.74) is 2.50. The maximum absolute atomic E-state index is 13.9. The van der Waals surface area contributed by atoms with Crippen molar-refractivity contribution in [3.63, 3.8) is 0 Å². The molecule has 1 N–H and O–H groups in total. The fourth-order valence-corrected chi connectivity index (χ4v) is 3.52. The summed E-state index contributed by atoms with van der Waals surface area (Å²) >= 11 is 0. The van der Waals surface area contributed by atoms with Crippen molar-refractivity contribution in [3.8, 4) is 5.75 Å². The lowest BCUT2D eigenvalue weighted by molar-refractivity contribution is -0.122. The van der Waals surface area contributed by atoms with Crippen LogP contribution in [-0.2, 0) is 4.79 Å². The number of hydrogen-bond acceptors (Lipinski definition) is 4. The van der Waals surface area contributed by atoms with Crippen LogP contribution >= 0.6 is 0 Å². The Balaban J connectivity index is 1.55. The van der Waals surface area contributed by atoms with E-state index < -0.39 is 46.8 Å². The summed E-state index contributed by atoms with van der Waals surface area (Å²) in [6, 6.07) is 11.5. The minimum atomic E-state index is -2.34. The highest BCUT2D eigenvalue weighted by atomic mass is 19.2. The molecule has 0 aliphatic heterocycles. The third-order valence-electron chi connectivity index (χ3n) is 5.56. The molecule has 10 heteroatoms. The number of furan rings is 1. The summed E-state index contributed by atoms with van der Waals surface area (Å²) in [4.78, 5) is 25.4. The number of aryl methyl sites for hydroxylation is 2. The molecule has 4 aromatic rings. The van der Waals surface area contributed by atoms with E-state index in [1.165, 1.54) is 12.1 Å². The summed E-state index contributed by atoms with van der Waals surface area (Å²) in [6.45, 7) is 4.68. The number of halogens is 5. The molecule has 0 aliphatic rings. The van der Waals surface area contributed by atoms with Gasteiger partial charge in [-0.05, 0) is 32.9 Å². The van der Waals surface area contributed by atoms with E-state index in [-0.39, 0.29) is 22.8 Å². The Bertz CT molecular complexity index is 1480. The standard InChI is InChI=1S/C26H18F5NO4/c1-11-4-6-14(7-5-11)23(33)24-12(2)16-9-8-15(10-17(16)36-24)32-26(34)13(3)35-25-21(30)19(28)18(27)20(29)22(25)31/h4-10,13H,1-3H3,(H,32,34). The van der Waals surface area contributed by atoms with Crippen molar-refractivity contribution in [1.29, 1.82) is 0 Å². The van der Waals surface area contributed by atoms with Crippen LogP contribution in [0, 0.1) is 42.9 Å². The van der Waals surface area contributed by atoms with Crippen LogP contribution in [0.25, 0.3) is 11.0 Å². The number of rotatable bonds is 6. The van der Waals surface area contributed by atoms with Gasteiger partial charge in [0.1, 0.15) is 5.58 Å². The minimum absolute atomic E-state index is 0.125. The van der Waals surface area contributed by atoms with E-state index in [1.807, 2.05) is 6.92 Å². The van der Waals surface area contributed by atoms with E-state index in [0.717, 1.165) is 12.5 Å². The van der Waals surface area contributed by atoms with Crippen LogP contribution in [0.3, 0.4) is 0 Å². The van der Waals surface area contributed by atoms with Gasteiger partial charge in [-0.15, -0.1) is 0 Å². The second-order valence-electron chi connectivity index (χ2n) is 8.11. The van der Waals surface area contributed by atoms with Crippen LogP contribution in [0.4, 0.5) is 27.6 Å². The molecule has 1 atom stereocenters. The zero-order valence-corrected chi connectivity index (χ0v) is 19.1. The van der Waals surface area contributed by atoms with Gasteiger partial charge in [-0.25, -0.2) is 13.2 Å². The van der Waals surface area contributed by atoms with Crippen molar-refractivity contribution in [3.05, 3.63) is 94.0 Å². The molecule has 0 aliphatic carbocycles. The first-order chi connectivity index (χ1) is 17.0. The van der Waals surface area contributed by atoms with E-state index in [9.17, 15) is 31.5 Å². The van der Waals surface area contributed by atoms with Crippen molar-refractivity contribution in [2.45, 2.75) is 26.9 Å². The Morgan fingerprint density at radius 3 is 2.06 bits per heavy atom. The molecule has 0 fully saturated rings. The Kier molecular flexibility index (Phi) is 6.53. The molecule has 0 radical (unpaired) electrons. The van der Waals surface area contributed by atoms with Gasteiger partial charge in [0.2, 0.25) is 34.9 Å². The molecular formula is C26H18F5NO4. The fraction of sp³-hybridized carbons (Fsp3) is 0.154. The molecule has 5 nitrogen and oxygen atoms in total. The van der Waals surface area contributed by atoms with Gasteiger partial charge in [0, 0.05) is 28.3 Å². The number of carbonyl (C=O) groups is 2. The van der Waals surface area contributed by atoms with E-state index in [1.54, 1.807) is 37.3 Å². The number of ether oxygens (including phenoxy) is 1. The monoisotopic (exact) mass is 503 g/mol. The lowest BCUT2D eigenvalue weighted by atomic mass is 10.0. The number of anilines is 1. The van der Waals surface area contributed by atoms with Crippen molar-refractivity contribution in [1.82, 2.24) is 0 Å². The molecule has 186 valence electrons. The summed E-state index contributed by atoms with van der Waals surface area (Å²) < 4.78 is 78.2. The molecule has 3 aromatic carbocycles. The maximum atomic E-state index is 13.9. The van der Waals surface area contributed by atoms with Gasteiger partial charge in [-0.1, -0.05) is 29.8 Å². The predicted molar refractivity (Wildman–Crippen MR) is 121 cm³/mol. The van der Waals surface area contributed by atoms with E-state index in [4.69, 9.17) is 9.15 Å². The number of nitrogens with one attached hydrogen (secondary N) is 1. The Morgan fingerprint density at radius 1 is 0.861 bits per heavy atom. The Labute approximate surface area is 201 Å². The number of benzene rings is 3. The molecule has 36 heavy (non-hydrogen) atoms. The highest BCUT2D eigenvalue weighted by Gasteiger charge is 2.29. The maximum Gasteiger partial charge on any atom is 0.265 e. The van der Waals surface area contributed by atoms with Gasteiger partial charge in [-0.2, -0.15) is 8.78 Å². The molecule has 0 saturated heterocycles. The van der Waals surface area contributed by atoms with Crippen molar-refractivity contribution in [2.24, 2.45) is 0 Å². The average Bonchev–Trinajstić information content (AvgIpc) is 3.19. The van der Waals surface area contributed by atoms with Gasteiger partial charge in [0.15, 0.2) is 17.6 Å². The van der Waals surface area contributed by atoms with Gasteiger partial charge in [-0.3, -0.25) is 9.59 Å². The molecule has 4 rings (SSSR count). The third-order valence-corrected chi connectivity index (χ3v) is 5.56. The Hall–Kier alpha value is -4.21. The second kappa shape index (κ2) is 9.44. The SMILES string of the molecule is Cc1ccc(C(=O)c2oc3cc(NC(=O)C(C)Oc4c(F)c(F)c(F)c(F)c4F)ccc3c2C)cc1. The lowest BCUT2D eigenvalue weighted by Gasteiger charge is -2.16. The largest absolute Gasteiger partial charge is 0.474 e. The zero-order chi connectivity index (χ0) is 26.3. The number of ketones is 1. The van der Waals surface area contributed by atoms with Crippen molar-refractivity contribution >= 4 is 28.3 Å². The zero-order valence-electron chi connectivity index (χ0n) is 19.1. The first kappa shape index (κ1) is 24.9. The topological polar surface area (TPSA) is 68.5 Å². The summed E-state index contributed by atoms with van der Waals surface area (Å²) in [5.74, 6) is -13.8. The van der Waals surface area contributed by atoms with Gasteiger partial charge in [0.25, 0.3) is 5.91 Å². The molecule has 1 amide bonds. The number of carbonyl (C=O) groups excluding carboxylic acids is 2. The van der Waals surface area contributed by atoms with E-state index in [0.29, 0.717) is 16.5 Å². The third kappa shape index (κ3) is 4.41. The van der Waals surface area contributed by atoms with Crippen LogP contribution < -0.4 is 10.1 Å². The quantitative estimate of drug-likeness (QED) is 0.143. The lowest BCUT2D eigenvalue weighted by Crippen LogP contribution is -2.31. The van der Waals surface area contributed by atoms with Crippen molar-refractivity contribution in [2.75, 3.05) is 5.32 Å². The van der Waals surface area contributed by atoms with Crippen LogP contribution in [0.15, 0.2) is 46.9 Å². The Morgan fingerprint density at radius 2 is 1.44 bits per heavy atom. The molecule has 0 bridgehead atoms. The molecule has 1 unspecified atom stereocenters. The summed E-state index contributed by atoms with van der Waals surface area (Å²) in [7, 11) is 0. The molecule has 1 heterocycles. The first-order valence-electron chi connectivity index (χ1n) is 10.6. The first-order valence-corrected chi connectivity index (χ1v) is 10.6. The average molecular weight is 503 g/mol. The second-order valence-corrected chi connectivity index (χ2v) is 8.11.